The van der Waals surface area contributed by atoms with Crippen molar-refractivity contribution in [1.82, 2.24) is 23.8 Å². The molecular formula is C32H34FN5O2. The van der Waals surface area contributed by atoms with Crippen LogP contribution in [0.15, 0.2) is 48.9 Å². The average molecular weight is 540 g/mol. The first-order valence-corrected chi connectivity index (χ1v) is 14.5. The van der Waals surface area contributed by atoms with Crippen LogP contribution >= 0.6 is 0 Å². The minimum absolute atomic E-state index is 0.00228. The zero-order chi connectivity index (χ0) is 27.4. The minimum atomic E-state index is -0.353. The molecule has 1 saturated carbocycles. The fourth-order valence-electron chi connectivity index (χ4n) is 7.12. The predicted molar refractivity (Wildman–Crippen MR) is 153 cm³/mol. The Bertz CT molecular complexity index is 1680. The molecule has 4 aromatic rings. The number of Topliss-reactive ketones (excluding diaryl/α,β-unsaturated/α-hetero) is 1. The lowest BCUT2D eigenvalue weighted by molar-refractivity contribution is -0.113. The van der Waals surface area contributed by atoms with E-state index >= 15 is 4.39 Å². The van der Waals surface area contributed by atoms with Crippen LogP contribution in [0.4, 0.5) is 9.18 Å². The molecule has 1 fully saturated rings. The number of nitrogens with zero attached hydrogens (tertiary/aromatic N) is 5. The third kappa shape index (κ3) is 4.21. The normalized spacial score (nSPS) is 18.2. The van der Waals surface area contributed by atoms with E-state index < -0.39 is 0 Å². The van der Waals surface area contributed by atoms with E-state index in [1.54, 1.807) is 12.1 Å². The molecule has 7 rings (SSSR count). The molecule has 0 atom stereocenters. The number of halogens is 1. The first-order chi connectivity index (χ1) is 19.5. The van der Waals surface area contributed by atoms with Crippen molar-refractivity contribution >= 4 is 39.5 Å². The fourth-order valence-corrected chi connectivity index (χ4v) is 7.12. The van der Waals surface area contributed by atoms with Gasteiger partial charge < -0.3 is 14.4 Å². The number of urea groups is 1. The Morgan fingerprint density at radius 3 is 2.83 bits per heavy atom. The summed E-state index contributed by atoms with van der Waals surface area (Å²) in [6.45, 7) is 2.23. The number of carbonyl (C=O) groups is 2. The van der Waals surface area contributed by atoms with E-state index in [4.69, 9.17) is 0 Å². The standard InChI is InChI=1S/C32H34FN5O2/c1-35(18-21-7-3-2-4-8-21)32(40)37-14-13-36-20-26(25-16-23(33)15-22(19-37)31(25)36)30-24(10-11-28(30)39)27-17-34-29-9-5-6-12-38(27)29/h5-6,9,12,15-17,20-21H,2-4,7-8,10-11,13-14,18-19H2,1H3. The van der Waals surface area contributed by atoms with Crippen molar-refractivity contribution in [3.8, 4) is 0 Å². The van der Waals surface area contributed by atoms with Crippen LogP contribution in [0.25, 0.3) is 27.7 Å². The number of hydrogen-bond acceptors (Lipinski definition) is 3. The van der Waals surface area contributed by atoms with Gasteiger partial charge in [0.2, 0.25) is 0 Å². The van der Waals surface area contributed by atoms with E-state index in [0.29, 0.717) is 44.0 Å². The topological polar surface area (TPSA) is 62.9 Å². The van der Waals surface area contributed by atoms with E-state index in [1.165, 1.54) is 32.1 Å². The molecule has 8 heteroatoms. The Hall–Kier alpha value is -3.94. The molecule has 0 saturated heterocycles. The van der Waals surface area contributed by atoms with Gasteiger partial charge in [0.05, 0.1) is 17.4 Å². The maximum atomic E-state index is 15.2. The number of benzene rings is 1. The monoisotopic (exact) mass is 539 g/mol. The van der Waals surface area contributed by atoms with Gasteiger partial charge in [0.1, 0.15) is 11.5 Å². The van der Waals surface area contributed by atoms with Gasteiger partial charge in [-0.25, -0.2) is 14.2 Å². The van der Waals surface area contributed by atoms with Crippen LogP contribution < -0.4 is 0 Å². The summed E-state index contributed by atoms with van der Waals surface area (Å²) in [6.07, 6.45) is 13.0. The third-order valence-electron chi connectivity index (χ3n) is 9.02. The third-order valence-corrected chi connectivity index (χ3v) is 9.02. The Labute approximate surface area is 232 Å². The van der Waals surface area contributed by atoms with Gasteiger partial charge in [-0.3, -0.25) is 9.20 Å². The van der Waals surface area contributed by atoms with Crippen molar-refractivity contribution in [1.29, 1.82) is 0 Å². The van der Waals surface area contributed by atoms with Crippen LogP contribution in [0.3, 0.4) is 0 Å². The molecule has 3 aromatic heterocycles. The Kier molecular flexibility index (Phi) is 6.21. The SMILES string of the molecule is CN(CC1CCCCC1)C(=O)N1CCn2cc(C3=C(c4cnc5ccccn45)CCC3=O)c3cc(F)cc(c32)C1. The highest BCUT2D eigenvalue weighted by Gasteiger charge is 2.32. The quantitative estimate of drug-likeness (QED) is 0.313. The van der Waals surface area contributed by atoms with E-state index in [0.717, 1.165) is 45.5 Å². The summed E-state index contributed by atoms with van der Waals surface area (Å²) in [5, 5.41) is 0.733. The maximum absolute atomic E-state index is 15.2. The molecule has 206 valence electrons. The van der Waals surface area contributed by atoms with E-state index in [-0.39, 0.29) is 17.6 Å². The fraction of sp³-hybridized carbons (Fsp3) is 0.406. The first kappa shape index (κ1) is 25.1. The molecule has 7 nitrogen and oxygen atoms in total. The van der Waals surface area contributed by atoms with Gasteiger partial charge >= 0.3 is 6.03 Å². The van der Waals surface area contributed by atoms with Crippen LogP contribution in [0.2, 0.25) is 0 Å². The summed E-state index contributed by atoms with van der Waals surface area (Å²) < 4.78 is 19.3. The van der Waals surface area contributed by atoms with E-state index in [1.807, 2.05) is 58.0 Å². The maximum Gasteiger partial charge on any atom is 0.320 e. The van der Waals surface area contributed by atoms with Crippen molar-refractivity contribution in [3.05, 3.63) is 71.6 Å². The number of fused-ring (bicyclic) bond motifs is 1. The summed E-state index contributed by atoms with van der Waals surface area (Å²) in [6, 6.07) is 8.93. The van der Waals surface area contributed by atoms with Crippen molar-refractivity contribution in [2.45, 2.75) is 58.0 Å². The van der Waals surface area contributed by atoms with Crippen LogP contribution in [0.1, 0.15) is 61.8 Å². The largest absolute Gasteiger partial charge is 0.345 e. The highest BCUT2D eigenvalue weighted by Crippen LogP contribution is 2.42. The second kappa shape index (κ2) is 9.91. The molecule has 0 bridgehead atoms. The van der Waals surface area contributed by atoms with Crippen molar-refractivity contribution in [2.24, 2.45) is 5.92 Å². The second-order valence-corrected chi connectivity index (χ2v) is 11.6. The lowest BCUT2D eigenvalue weighted by Gasteiger charge is -2.31. The number of amides is 2. The molecular weight excluding hydrogens is 505 g/mol. The number of allylic oxidation sites excluding steroid dienone is 2. The van der Waals surface area contributed by atoms with E-state index in [2.05, 4.69) is 9.55 Å². The Morgan fingerprint density at radius 2 is 1.98 bits per heavy atom. The lowest BCUT2D eigenvalue weighted by Crippen LogP contribution is -2.43. The summed E-state index contributed by atoms with van der Waals surface area (Å²) in [5.74, 6) is 0.281. The Morgan fingerprint density at radius 1 is 1.12 bits per heavy atom. The molecule has 1 aromatic carbocycles. The highest BCUT2D eigenvalue weighted by molar-refractivity contribution is 6.33. The molecule has 0 spiro atoms. The highest BCUT2D eigenvalue weighted by atomic mass is 19.1. The predicted octanol–water partition coefficient (Wildman–Crippen LogP) is 6.15. The smallest absolute Gasteiger partial charge is 0.320 e. The molecule has 2 aliphatic carbocycles. The summed E-state index contributed by atoms with van der Waals surface area (Å²) >= 11 is 0. The zero-order valence-electron chi connectivity index (χ0n) is 22.9. The van der Waals surface area contributed by atoms with Crippen molar-refractivity contribution in [3.63, 3.8) is 0 Å². The Balaban J connectivity index is 1.26. The molecule has 3 aliphatic rings. The number of carbonyl (C=O) groups excluding carboxylic acids is 2. The van der Waals surface area contributed by atoms with Gasteiger partial charge in [-0.05, 0) is 60.6 Å². The lowest BCUT2D eigenvalue weighted by atomic mass is 9.89. The number of pyridine rings is 1. The van der Waals surface area contributed by atoms with Gasteiger partial charge in [-0.1, -0.05) is 25.3 Å². The summed E-state index contributed by atoms with van der Waals surface area (Å²) in [4.78, 5) is 35.1. The van der Waals surface area contributed by atoms with Crippen LogP contribution in [0, 0.1) is 11.7 Å². The summed E-state index contributed by atoms with van der Waals surface area (Å²) in [5.41, 5.74) is 5.80. The zero-order valence-corrected chi connectivity index (χ0v) is 22.9. The van der Waals surface area contributed by atoms with Gasteiger partial charge in [-0.2, -0.15) is 0 Å². The second-order valence-electron chi connectivity index (χ2n) is 11.6. The van der Waals surface area contributed by atoms with Crippen molar-refractivity contribution < 1.29 is 14.0 Å². The van der Waals surface area contributed by atoms with E-state index in [9.17, 15) is 9.59 Å². The molecule has 0 radical (unpaired) electrons. The van der Waals surface area contributed by atoms with Gasteiger partial charge in [0.15, 0.2) is 5.78 Å². The van der Waals surface area contributed by atoms with Gasteiger partial charge in [0.25, 0.3) is 0 Å². The molecule has 1 aliphatic heterocycles. The van der Waals surface area contributed by atoms with Crippen LogP contribution in [-0.2, 0) is 17.9 Å². The average Bonchev–Trinajstić information content (AvgIpc) is 3.62. The van der Waals surface area contributed by atoms with Gasteiger partial charge in [0, 0.05) is 68.6 Å². The number of aromatic nitrogens is 3. The van der Waals surface area contributed by atoms with Crippen LogP contribution in [-0.4, -0.2) is 55.7 Å². The van der Waals surface area contributed by atoms with Gasteiger partial charge in [-0.15, -0.1) is 0 Å². The van der Waals surface area contributed by atoms with Crippen LogP contribution in [0.5, 0.6) is 0 Å². The molecule has 40 heavy (non-hydrogen) atoms. The number of ketones is 1. The number of imidazole rings is 1. The van der Waals surface area contributed by atoms with Crippen molar-refractivity contribution in [2.75, 3.05) is 20.1 Å². The summed E-state index contributed by atoms with van der Waals surface area (Å²) in [7, 11) is 1.89. The molecule has 0 N–H and O–H groups in total. The molecule has 4 heterocycles. The number of rotatable bonds is 4. The molecule has 2 amide bonds. The molecule has 0 unspecified atom stereocenters. The minimum Gasteiger partial charge on any atom is -0.345 e. The first-order valence-electron chi connectivity index (χ1n) is 14.5. The number of hydrogen-bond donors (Lipinski definition) is 0.